The third-order valence-electron chi connectivity index (χ3n) is 5.70. The molecule has 0 N–H and O–H groups in total. The van der Waals surface area contributed by atoms with Crippen LogP contribution in [-0.2, 0) is 0 Å². The van der Waals surface area contributed by atoms with E-state index in [9.17, 15) is 0 Å². The van der Waals surface area contributed by atoms with Crippen LogP contribution in [0.2, 0.25) is 0 Å². The summed E-state index contributed by atoms with van der Waals surface area (Å²) in [7, 11) is 0. The maximum absolute atomic E-state index is 4.44. The van der Waals surface area contributed by atoms with Gasteiger partial charge in [0.15, 0.2) is 0 Å². The van der Waals surface area contributed by atoms with E-state index in [0.29, 0.717) is 5.92 Å². The Morgan fingerprint density at radius 2 is 1.82 bits per heavy atom. The Morgan fingerprint density at radius 3 is 2.36 bits per heavy atom. The molecule has 0 aliphatic heterocycles. The minimum absolute atomic E-state index is 0.258. The summed E-state index contributed by atoms with van der Waals surface area (Å²) in [6, 6.07) is 11.0. The van der Waals surface area contributed by atoms with E-state index in [0.717, 1.165) is 18.4 Å². The highest BCUT2D eigenvalue weighted by atomic mass is 15.2. The lowest BCUT2D eigenvalue weighted by atomic mass is 9.75. The first-order chi connectivity index (χ1) is 10.5. The largest absolute Gasteiger partial charge is 0.374 e. The second kappa shape index (κ2) is 6.10. The molecule has 2 saturated carbocycles. The zero-order valence-corrected chi connectivity index (χ0v) is 14.5. The summed E-state index contributed by atoms with van der Waals surface area (Å²) in [6.07, 6.45) is 5.55. The van der Waals surface area contributed by atoms with Crippen LogP contribution in [0.4, 0.5) is 0 Å². The molecule has 0 bridgehead atoms. The molecule has 1 atom stereocenters. The van der Waals surface area contributed by atoms with Crippen molar-refractivity contribution in [3.05, 3.63) is 48.2 Å². The third-order valence-corrected chi connectivity index (χ3v) is 5.70. The van der Waals surface area contributed by atoms with E-state index < -0.39 is 0 Å². The van der Waals surface area contributed by atoms with E-state index in [-0.39, 0.29) is 5.41 Å². The number of hydrogen-bond acceptors (Lipinski definition) is 1. The van der Waals surface area contributed by atoms with Gasteiger partial charge in [0.2, 0.25) is 0 Å². The topological polar surface area (TPSA) is 3.24 Å². The molecule has 0 heterocycles. The molecule has 1 aromatic rings. The van der Waals surface area contributed by atoms with Gasteiger partial charge < -0.3 is 4.90 Å². The molecule has 0 amide bonds. The SMILES string of the molecule is C=C(C1CC1)N(CC1CC1)CC(C)(C)C(C)c1ccccc1. The Bertz CT molecular complexity index is 508. The zero-order chi connectivity index (χ0) is 15.7. The van der Waals surface area contributed by atoms with Crippen LogP contribution < -0.4 is 0 Å². The predicted molar refractivity (Wildman–Crippen MR) is 94.8 cm³/mol. The molecule has 1 nitrogen and oxygen atoms in total. The van der Waals surface area contributed by atoms with Gasteiger partial charge in [-0.3, -0.25) is 0 Å². The molecule has 22 heavy (non-hydrogen) atoms. The van der Waals surface area contributed by atoms with Crippen molar-refractivity contribution in [2.45, 2.75) is 52.4 Å². The summed E-state index contributed by atoms with van der Waals surface area (Å²) in [5.74, 6) is 2.27. The first-order valence-corrected chi connectivity index (χ1v) is 8.96. The maximum atomic E-state index is 4.44. The molecule has 2 aliphatic carbocycles. The average Bonchev–Trinajstić information content (AvgIpc) is 3.38. The fraction of sp³-hybridized carbons (Fsp3) is 0.619. The molecule has 0 radical (unpaired) electrons. The lowest BCUT2D eigenvalue weighted by molar-refractivity contribution is 0.177. The molecule has 0 spiro atoms. The van der Waals surface area contributed by atoms with Gasteiger partial charge in [-0.15, -0.1) is 0 Å². The van der Waals surface area contributed by atoms with Crippen LogP contribution in [0.1, 0.15) is 57.9 Å². The Morgan fingerprint density at radius 1 is 1.18 bits per heavy atom. The molecular formula is C21H31N. The quantitative estimate of drug-likeness (QED) is 0.616. The molecule has 2 aliphatic rings. The van der Waals surface area contributed by atoms with Crippen LogP contribution >= 0.6 is 0 Å². The Balaban J connectivity index is 1.70. The number of rotatable bonds is 8. The highest BCUT2D eigenvalue weighted by Crippen LogP contribution is 2.43. The third kappa shape index (κ3) is 3.74. The van der Waals surface area contributed by atoms with Crippen molar-refractivity contribution in [2.24, 2.45) is 17.3 Å². The molecule has 1 aromatic carbocycles. The second-order valence-corrected chi connectivity index (χ2v) is 8.21. The van der Waals surface area contributed by atoms with Crippen molar-refractivity contribution < 1.29 is 0 Å². The summed E-state index contributed by atoms with van der Waals surface area (Å²) < 4.78 is 0. The van der Waals surface area contributed by atoms with E-state index in [4.69, 9.17) is 0 Å². The van der Waals surface area contributed by atoms with Gasteiger partial charge in [0.05, 0.1) is 0 Å². The van der Waals surface area contributed by atoms with Gasteiger partial charge in [-0.2, -0.15) is 0 Å². The van der Waals surface area contributed by atoms with Gasteiger partial charge in [-0.25, -0.2) is 0 Å². The molecule has 0 aromatic heterocycles. The van der Waals surface area contributed by atoms with Crippen LogP contribution in [0.25, 0.3) is 0 Å². The van der Waals surface area contributed by atoms with Crippen molar-refractivity contribution in [3.8, 4) is 0 Å². The van der Waals surface area contributed by atoms with Gasteiger partial charge in [0.1, 0.15) is 0 Å². The van der Waals surface area contributed by atoms with Gasteiger partial charge >= 0.3 is 0 Å². The van der Waals surface area contributed by atoms with Crippen LogP contribution in [0.5, 0.6) is 0 Å². The molecule has 2 fully saturated rings. The Labute approximate surface area is 136 Å². The number of allylic oxidation sites excluding steroid dienone is 1. The second-order valence-electron chi connectivity index (χ2n) is 8.21. The number of benzene rings is 1. The van der Waals surface area contributed by atoms with Crippen molar-refractivity contribution >= 4 is 0 Å². The lowest BCUT2D eigenvalue weighted by Gasteiger charge is -2.39. The van der Waals surface area contributed by atoms with E-state index >= 15 is 0 Å². The van der Waals surface area contributed by atoms with Crippen LogP contribution in [-0.4, -0.2) is 18.0 Å². The summed E-state index contributed by atoms with van der Waals surface area (Å²) in [4.78, 5) is 2.63. The van der Waals surface area contributed by atoms with Crippen molar-refractivity contribution in [3.63, 3.8) is 0 Å². The van der Waals surface area contributed by atoms with Crippen LogP contribution in [0.15, 0.2) is 42.6 Å². The minimum atomic E-state index is 0.258. The molecule has 1 heteroatoms. The normalized spacial score (nSPS) is 19.8. The van der Waals surface area contributed by atoms with Gasteiger partial charge in [-0.1, -0.05) is 57.7 Å². The van der Waals surface area contributed by atoms with Crippen molar-refractivity contribution in [1.82, 2.24) is 4.90 Å². The lowest BCUT2D eigenvalue weighted by Crippen LogP contribution is -2.38. The highest BCUT2D eigenvalue weighted by molar-refractivity contribution is 5.21. The van der Waals surface area contributed by atoms with E-state index in [1.165, 1.54) is 43.5 Å². The Hall–Kier alpha value is -1.24. The summed E-state index contributed by atoms with van der Waals surface area (Å²) in [5.41, 5.74) is 3.13. The fourth-order valence-corrected chi connectivity index (χ4v) is 3.39. The summed E-state index contributed by atoms with van der Waals surface area (Å²) in [6.45, 7) is 14.0. The first kappa shape index (κ1) is 15.6. The fourth-order valence-electron chi connectivity index (χ4n) is 3.39. The molecule has 3 rings (SSSR count). The average molecular weight is 297 g/mol. The Kier molecular flexibility index (Phi) is 4.34. The van der Waals surface area contributed by atoms with Gasteiger partial charge in [-0.05, 0) is 54.4 Å². The monoisotopic (exact) mass is 297 g/mol. The van der Waals surface area contributed by atoms with Gasteiger partial charge in [0.25, 0.3) is 0 Å². The van der Waals surface area contributed by atoms with E-state index in [1.807, 2.05) is 0 Å². The molecule has 120 valence electrons. The highest BCUT2D eigenvalue weighted by Gasteiger charge is 2.36. The van der Waals surface area contributed by atoms with Gasteiger partial charge in [0, 0.05) is 18.8 Å². The van der Waals surface area contributed by atoms with Crippen molar-refractivity contribution in [1.29, 1.82) is 0 Å². The van der Waals surface area contributed by atoms with Crippen LogP contribution in [0.3, 0.4) is 0 Å². The standard InChI is InChI=1S/C21H31N/c1-16(19-8-6-5-7-9-19)21(3,4)15-22(14-18-10-11-18)17(2)20-12-13-20/h5-9,16,18,20H,2,10-15H2,1,3-4H3. The van der Waals surface area contributed by atoms with Crippen molar-refractivity contribution in [2.75, 3.05) is 13.1 Å². The maximum Gasteiger partial charge on any atom is 0.0232 e. The van der Waals surface area contributed by atoms with Crippen LogP contribution in [0, 0.1) is 17.3 Å². The zero-order valence-electron chi connectivity index (χ0n) is 14.5. The molecular weight excluding hydrogens is 266 g/mol. The van der Waals surface area contributed by atoms with E-state index in [2.05, 4.69) is 62.6 Å². The summed E-state index contributed by atoms with van der Waals surface area (Å²) in [5, 5.41) is 0. The predicted octanol–water partition coefficient (Wildman–Crippen LogP) is 5.45. The smallest absolute Gasteiger partial charge is 0.0232 e. The number of nitrogens with zero attached hydrogens (tertiary/aromatic N) is 1. The minimum Gasteiger partial charge on any atom is -0.374 e. The summed E-state index contributed by atoms with van der Waals surface area (Å²) >= 11 is 0. The first-order valence-electron chi connectivity index (χ1n) is 8.96. The molecule has 1 unspecified atom stereocenters. The molecule has 0 saturated heterocycles. The number of hydrogen-bond donors (Lipinski definition) is 0. The van der Waals surface area contributed by atoms with E-state index in [1.54, 1.807) is 0 Å².